The molecule has 0 aromatic rings. The second-order valence-corrected chi connectivity index (χ2v) is 4.26. The first-order chi connectivity index (χ1) is 7.50. The Labute approximate surface area is 97.4 Å². The molecule has 16 heavy (non-hydrogen) atoms. The fraction of sp³-hybridized carbons (Fsp3) is 0.750. The number of aliphatic hydroxyl groups is 1. The van der Waals surface area contributed by atoms with E-state index >= 15 is 0 Å². The van der Waals surface area contributed by atoms with E-state index in [9.17, 15) is 9.90 Å². The largest absolute Gasteiger partial charge is 0.449 e. The highest BCUT2D eigenvalue weighted by molar-refractivity contribution is 5.67. The molecule has 0 rings (SSSR count). The SMILES string of the molecule is C#CCNC(=O)OCC(C)(CO)C(C)CC. The van der Waals surface area contributed by atoms with E-state index in [2.05, 4.69) is 11.2 Å². The van der Waals surface area contributed by atoms with Crippen LogP contribution in [0.1, 0.15) is 27.2 Å². The minimum atomic E-state index is -0.541. The summed E-state index contributed by atoms with van der Waals surface area (Å²) in [6.07, 6.45) is 5.38. The summed E-state index contributed by atoms with van der Waals surface area (Å²) in [6.45, 7) is 6.29. The molecule has 0 heterocycles. The Balaban J connectivity index is 4.14. The van der Waals surface area contributed by atoms with E-state index in [4.69, 9.17) is 11.2 Å². The Morgan fingerprint density at radius 2 is 2.31 bits per heavy atom. The van der Waals surface area contributed by atoms with Gasteiger partial charge in [-0.05, 0) is 5.92 Å². The zero-order valence-corrected chi connectivity index (χ0v) is 10.2. The van der Waals surface area contributed by atoms with Gasteiger partial charge in [0.25, 0.3) is 0 Å². The molecule has 1 amide bonds. The van der Waals surface area contributed by atoms with Crippen molar-refractivity contribution < 1.29 is 14.6 Å². The molecule has 0 bridgehead atoms. The van der Waals surface area contributed by atoms with Crippen molar-refractivity contribution in [2.45, 2.75) is 27.2 Å². The number of amides is 1. The van der Waals surface area contributed by atoms with Gasteiger partial charge in [-0.2, -0.15) is 0 Å². The summed E-state index contributed by atoms with van der Waals surface area (Å²) in [7, 11) is 0. The number of nitrogens with one attached hydrogen (secondary N) is 1. The van der Waals surface area contributed by atoms with Crippen LogP contribution in [0.15, 0.2) is 0 Å². The molecule has 0 aliphatic carbocycles. The summed E-state index contributed by atoms with van der Waals surface area (Å²) in [5.41, 5.74) is -0.401. The molecule has 4 heteroatoms. The Kier molecular flexibility index (Phi) is 6.59. The van der Waals surface area contributed by atoms with Crippen LogP contribution in [0.5, 0.6) is 0 Å². The van der Waals surface area contributed by atoms with Gasteiger partial charge in [-0.25, -0.2) is 4.79 Å². The smallest absolute Gasteiger partial charge is 0.407 e. The quantitative estimate of drug-likeness (QED) is 0.674. The molecule has 0 saturated carbocycles. The zero-order valence-electron chi connectivity index (χ0n) is 10.2. The summed E-state index contributed by atoms with van der Waals surface area (Å²) in [5.74, 6) is 2.56. The maximum Gasteiger partial charge on any atom is 0.407 e. The van der Waals surface area contributed by atoms with E-state index in [0.717, 1.165) is 6.42 Å². The molecule has 0 saturated heterocycles. The molecule has 0 aliphatic heterocycles. The molecule has 92 valence electrons. The van der Waals surface area contributed by atoms with Gasteiger partial charge in [0.2, 0.25) is 0 Å². The zero-order chi connectivity index (χ0) is 12.6. The van der Waals surface area contributed by atoms with E-state index in [1.54, 1.807) is 0 Å². The lowest BCUT2D eigenvalue weighted by molar-refractivity contribution is 0.0128. The monoisotopic (exact) mass is 227 g/mol. The van der Waals surface area contributed by atoms with Gasteiger partial charge < -0.3 is 15.2 Å². The minimum Gasteiger partial charge on any atom is -0.449 e. The number of aliphatic hydroxyl groups excluding tert-OH is 1. The third-order valence-corrected chi connectivity index (χ3v) is 3.03. The van der Waals surface area contributed by atoms with Crippen molar-refractivity contribution in [3.05, 3.63) is 0 Å². The van der Waals surface area contributed by atoms with Crippen LogP contribution >= 0.6 is 0 Å². The van der Waals surface area contributed by atoms with Crippen LogP contribution in [0, 0.1) is 23.7 Å². The molecule has 4 nitrogen and oxygen atoms in total. The molecule has 2 atom stereocenters. The van der Waals surface area contributed by atoms with Gasteiger partial charge in [-0.1, -0.05) is 33.1 Å². The Morgan fingerprint density at radius 1 is 1.69 bits per heavy atom. The van der Waals surface area contributed by atoms with Crippen LogP contribution in [0.3, 0.4) is 0 Å². The Morgan fingerprint density at radius 3 is 2.75 bits per heavy atom. The second kappa shape index (κ2) is 7.13. The fourth-order valence-corrected chi connectivity index (χ4v) is 1.24. The molecular weight excluding hydrogens is 206 g/mol. The van der Waals surface area contributed by atoms with Crippen molar-refractivity contribution in [2.24, 2.45) is 11.3 Å². The maximum absolute atomic E-state index is 11.2. The molecule has 0 aliphatic rings. The van der Waals surface area contributed by atoms with E-state index in [0.29, 0.717) is 0 Å². The fourth-order valence-electron chi connectivity index (χ4n) is 1.24. The van der Waals surface area contributed by atoms with Crippen molar-refractivity contribution in [3.8, 4) is 12.3 Å². The topological polar surface area (TPSA) is 58.6 Å². The Hall–Kier alpha value is -1.21. The molecule has 0 spiro atoms. The first-order valence-corrected chi connectivity index (χ1v) is 5.45. The predicted molar refractivity (Wildman–Crippen MR) is 62.8 cm³/mol. The first-order valence-electron chi connectivity index (χ1n) is 5.45. The van der Waals surface area contributed by atoms with Crippen molar-refractivity contribution in [1.82, 2.24) is 5.32 Å². The minimum absolute atomic E-state index is 0.00950. The first kappa shape index (κ1) is 14.8. The van der Waals surface area contributed by atoms with Crippen molar-refractivity contribution >= 4 is 6.09 Å². The number of hydrogen-bond acceptors (Lipinski definition) is 3. The average Bonchev–Trinajstić information content (AvgIpc) is 2.32. The summed E-state index contributed by atoms with van der Waals surface area (Å²) in [4.78, 5) is 11.2. The predicted octanol–water partition coefficient (Wildman–Crippen LogP) is 1.39. The molecule has 0 radical (unpaired) electrons. The number of rotatable bonds is 6. The summed E-state index contributed by atoms with van der Waals surface area (Å²) in [5, 5.41) is 11.7. The number of alkyl carbamates (subject to hydrolysis) is 1. The van der Waals surface area contributed by atoms with Crippen LogP contribution < -0.4 is 5.32 Å². The summed E-state index contributed by atoms with van der Waals surface area (Å²) < 4.78 is 5.02. The summed E-state index contributed by atoms with van der Waals surface area (Å²) in [6, 6.07) is 0. The van der Waals surface area contributed by atoms with Gasteiger partial charge in [0.15, 0.2) is 0 Å². The van der Waals surface area contributed by atoms with Crippen LogP contribution in [-0.2, 0) is 4.74 Å². The number of carbonyl (C=O) groups is 1. The van der Waals surface area contributed by atoms with Crippen LogP contribution in [0.25, 0.3) is 0 Å². The molecule has 0 fully saturated rings. The number of terminal acetylenes is 1. The lowest BCUT2D eigenvalue weighted by Gasteiger charge is -2.32. The normalized spacial score (nSPS) is 15.7. The van der Waals surface area contributed by atoms with E-state index in [1.807, 2.05) is 20.8 Å². The standard InChI is InChI=1S/C12H21NO3/c1-5-7-13-11(15)16-9-12(4,8-14)10(3)6-2/h1,10,14H,6-9H2,2-4H3,(H,13,15). The molecule has 2 unspecified atom stereocenters. The van der Waals surface area contributed by atoms with Gasteiger partial charge in [0.1, 0.15) is 6.61 Å². The van der Waals surface area contributed by atoms with Crippen molar-refractivity contribution in [1.29, 1.82) is 0 Å². The second-order valence-electron chi connectivity index (χ2n) is 4.26. The van der Waals surface area contributed by atoms with Crippen molar-refractivity contribution in [2.75, 3.05) is 19.8 Å². The molecule has 0 aromatic heterocycles. The van der Waals surface area contributed by atoms with Gasteiger partial charge >= 0.3 is 6.09 Å². The lowest BCUT2D eigenvalue weighted by Crippen LogP contribution is -2.37. The number of carbonyl (C=O) groups excluding carboxylic acids is 1. The number of hydrogen-bond donors (Lipinski definition) is 2. The van der Waals surface area contributed by atoms with Crippen LogP contribution in [0.4, 0.5) is 4.79 Å². The van der Waals surface area contributed by atoms with E-state index < -0.39 is 11.5 Å². The highest BCUT2D eigenvalue weighted by Crippen LogP contribution is 2.29. The van der Waals surface area contributed by atoms with E-state index in [1.165, 1.54) is 0 Å². The highest BCUT2D eigenvalue weighted by atomic mass is 16.5. The van der Waals surface area contributed by atoms with E-state index in [-0.39, 0.29) is 25.7 Å². The third-order valence-electron chi connectivity index (χ3n) is 3.03. The molecule has 0 aromatic carbocycles. The average molecular weight is 227 g/mol. The van der Waals surface area contributed by atoms with Gasteiger partial charge in [-0.3, -0.25) is 0 Å². The van der Waals surface area contributed by atoms with Gasteiger partial charge in [-0.15, -0.1) is 6.42 Å². The highest BCUT2D eigenvalue weighted by Gasteiger charge is 2.31. The lowest BCUT2D eigenvalue weighted by atomic mass is 9.78. The van der Waals surface area contributed by atoms with Crippen molar-refractivity contribution in [3.63, 3.8) is 0 Å². The molecular formula is C12H21NO3. The van der Waals surface area contributed by atoms with Crippen LogP contribution in [0.2, 0.25) is 0 Å². The third kappa shape index (κ3) is 4.54. The van der Waals surface area contributed by atoms with Crippen LogP contribution in [-0.4, -0.2) is 31.0 Å². The summed E-state index contributed by atoms with van der Waals surface area (Å²) >= 11 is 0. The molecule has 2 N–H and O–H groups in total. The Bertz CT molecular complexity index is 259. The van der Waals surface area contributed by atoms with Gasteiger partial charge in [0.05, 0.1) is 13.2 Å². The number of ether oxygens (including phenoxy) is 1. The maximum atomic E-state index is 11.2. The van der Waals surface area contributed by atoms with Gasteiger partial charge in [0, 0.05) is 5.41 Å².